The minimum absolute atomic E-state index is 0.0473. The number of hydrogen-bond donors (Lipinski definition) is 2. The van der Waals surface area contributed by atoms with E-state index < -0.39 is 12.1 Å². The molecule has 3 N–H and O–H groups in total. The van der Waals surface area contributed by atoms with Gasteiger partial charge in [-0.25, -0.2) is 9.59 Å². The highest BCUT2D eigenvalue weighted by Crippen LogP contribution is 2.25. The molecule has 0 aliphatic rings. The van der Waals surface area contributed by atoms with Crippen molar-refractivity contribution >= 4 is 23.4 Å². The normalized spacial score (nSPS) is 10.1. The minimum Gasteiger partial charge on any atom is -0.464 e. The predicted molar refractivity (Wildman–Crippen MR) is 106 cm³/mol. The van der Waals surface area contributed by atoms with E-state index in [0.717, 1.165) is 5.56 Å². The molecule has 0 saturated carbocycles. The number of nitrogens with zero attached hydrogens (tertiary/aromatic N) is 2. The molecule has 3 aromatic rings. The lowest BCUT2D eigenvalue weighted by Crippen LogP contribution is -2.14. The predicted octanol–water partition coefficient (Wildman–Crippen LogP) is 3.47. The van der Waals surface area contributed by atoms with E-state index in [0.29, 0.717) is 11.4 Å². The Morgan fingerprint density at radius 1 is 1.14 bits per heavy atom. The standard InChI is InChI=1S/C21H18N4O4/c1-28-20(26)19-18(23)15(11-22)12-25(19)17-9-7-16(8-10-17)24-21(27)29-13-14-5-3-2-4-6-14/h2-10,12H,13,23H2,1H3,(H,24,27). The number of carbonyl (C=O) groups is 2. The van der Waals surface area contributed by atoms with Gasteiger partial charge in [0.2, 0.25) is 0 Å². The SMILES string of the molecule is COC(=O)c1c(N)c(C#N)cn1-c1ccc(NC(=O)OCc2ccccc2)cc1. The van der Waals surface area contributed by atoms with Crippen LogP contribution in [0.5, 0.6) is 0 Å². The summed E-state index contributed by atoms with van der Waals surface area (Å²) in [7, 11) is 1.24. The third kappa shape index (κ3) is 4.36. The molecular formula is C21H18N4O4. The number of hydrogen-bond acceptors (Lipinski definition) is 6. The fourth-order valence-electron chi connectivity index (χ4n) is 2.70. The number of anilines is 2. The van der Waals surface area contributed by atoms with E-state index in [1.807, 2.05) is 36.4 Å². The second-order valence-corrected chi connectivity index (χ2v) is 6.01. The van der Waals surface area contributed by atoms with Gasteiger partial charge in [0.15, 0.2) is 5.69 Å². The van der Waals surface area contributed by atoms with E-state index in [4.69, 9.17) is 15.2 Å². The number of nitrogens with two attached hydrogens (primary N) is 1. The second kappa shape index (κ2) is 8.63. The smallest absolute Gasteiger partial charge is 0.411 e. The van der Waals surface area contributed by atoms with Gasteiger partial charge in [-0.1, -0.05) is 30.3 Å². The minimum atomic E-state index is -0.657. The van der Waals surface area contributed by atoms with Gasteiger partial charge in [0.05, 0.1) is 18.4 Å². The zero-order chi connectivity index (χ0) is 20.8. The maximum absolute atomic E-state index is 12.1. The number of nitriles is 1. The Balaban J connectivity index is 1.73. The molecule has 2 aromatic carbocycles. The van der Waals surface area contributed by atoms with E-state index in [-0.39, 0.29) is 23.6 Å². The van der Waals surface area contributed by atoms with Gasteiger partial charge < -0.3 is 19.8 Å². The second-order valence-electron chi connectivity index (χ2n) is 6.01. The molecule has 1 amide bonds. The highest BCUT2D eigenvalue weighted by atomic mass is 16.5. The molecule has 0 aliphatic carbocycles. The van der Waals surface area contributed by atoms with Crippen LogP contribution < -0.4 is 11.1 Å². The first-order valence-electron chi connectivity index (χ1n) is 8.61. The summed E-state index contributed by atoms with van der Waals surface area (Å²) in [5.74, 6) is -0.657. The molecule has 0 bridgehead atoms. The van der Waals surface area contributed by atoms with Gasteiger partial charge in [-0.15, -0.1) is 0 Å². The van der Waals surface area contributed by atoms with Crippen LogP contribution in [0, 0.1) is 11.3 Å². The quantitative estimate of drug-likeness (QED) is 0.644. The number of carbonyl (C=O) groups excluding carboxylic acids is 2. The van der Waals surface area contributed by atoms with Crippen molar-refractivity contribution in [3.8, 4) is 11.8 Å². The molecule has 8 heteroatoms. The molecule has 29 heavy (non-hydrogen) atoms. The van der Waals surface area contributed by atoms with E-state index in [1.54, 1.807) is 24.3 Å². The summed E-state index contributed by atoms with van der Waals surface area (Å²) in [4.78, 5) is 24.0. The van der Waals surface area contributed by atoms with Crippen LogP contribution in [0.25, 0.3) is 5.69 Å². The van der Waals surface area contributed by atoms with Gasteiger partial charge in [0.1, 0.15) is 12.7 Å². The van der Waals surface area contributed by atoms with Gasteiger partial charge in [-0.05, 0) is 29.8 Å². The summed E-state index contributed by atoms with van der Waals surface area (Å²) < 4.78 is 11.4. The molecule has 3 rings (SSSR count). The van der Waals surface area contributed by atoms with Crippen LogP contribution in [0.15, 0.2) is 60.8 Å². The lowest BCUT2D eigenvalue weighted by atomic mass is 10.2. The Kier molecular flexibility index (Phi) is 5.80. The summed E-state index contributed by atoms with van der Waals surface area (Å²) in [5.41, 5.74) is 8.12. The summed E-state index contributed by atoms with van der Waals surface area (Å²) in [5, 5.41) is 11.8. The molecule has 0 unspecified atom stereocenters. The topological polar surface area (TPSA) is 119 Å². The van der Waals surface area contributed by atoms with E-state index in [2.05, 4.69) is 5.32 Å². The molecule has 1 aromatic heterocycles. The first-order valence-corrected chi connectivity index (χ1v) is 8.61. The summed E-state index contributed by atoms with van der Waals surface area (Å²) >= 11 is 0. The zero-order valence-corrected chi connectivity index (χ0v) is 15.6. The maximum atomic E-state index is 12.1. The Hall–Kier alpha value is -4.25. The Morgan fingerprint density at radius 3 is 2.45 bits per heavy atom. The maximum Gasteiger partial charge on any atom is 0.411 e. The molecule has 0 atom stereocenters. The average Bonchev–Trinajstić information content (AvgIpc) is 3.09. The van der Waals surface area contributed by atoms with Crippen molar-refractivity contribution in [1.29, 1.82) is 5.26 Å². The molecule has 0 saturated heterocycles. The molecular weight excluding hydrogens is 372 g/mol. The zero-order valence-electron chi connectivity index (χ0n) is 15.6. The number of ether oxygens (including phenoxy) is 2. The fraction of sp³-hybridized carbons (Fsp3) is 0.0952. The Bertz CT molecular complexity index is 1070. The lowest BCUT2D eigenvalue weighted by molar-refractivity contribution is 0.0593. The highest BCUT2D eigenvalue weighted by molar-refractivity contribution is 5.96. The van der Waals surface area contributed by atoms with Gasteiger partial charge in [0.25, 0.3) is 0 Å². The lowest BCUT2D eigenvalue weighted by Gasteiger charge is -2.10. The number of rotatable bonds is 5. The number of methoxy groups -OCH3 is 1. The Labute approximate surface area is 167 Å². The van der Waals surface area contributed by atoms with Crippen molar-refractivity contribution in [3.05, 3.63) is 77.6 Å². The number of nitrogens with one attached hydrogen (secondary N) is 1. The molecule has 0 spiro atoms. The third-order valence-electron chi connectivity index (χ3n) is 4.15. The van der Waals surface area contributed by atoms with Gasteiger partial charge in [-0.2, -0.15) is 5.26 Å². The summed E-state index contributed by atoms with van der Waals surface area (Å²) in [6, 6.07) is 17.9. The average molecular weight is 390 g/mol. The van der Waals surface area contributed by atoms with Crippen molar-refractivity contribution in [2.75, 3.05) is 18.2 Å². The summed E-state index contributed by atoms with van der Waals surface area (Å²) in [6.45, 7) is 0.160. The number of benzene rings is 2. The molecule has 1 heterocycles. The first-order chi connectivity index (χ1) is 14.0. The molecule has 146 valence electrons. The van der Waals surface area contributed by atoms with Crippen molar-refractivity contribution in [2.45, 2.75) is 6.61 Å². The monoisotopic (exact) mass is 390 g/mol. The van der Waals surface area contributed by atoms with Gasteiger partial charge in [-0.3, -0.25) is 5.32 Å². The van der Waals surface area contributed by atoms with Crippen molar-refractivity contribution in [2.24, 2.45) is 0 Å². The number of esters is 1. The van der Waals surface area contributed by atoms with E-state index in [1.165, 1.54) is 17.9 Å². The van der Waals surface area contributed by atoms with Gasteiger partial charge >= 0.3 is 12.1 Å². The van der Waals surface area contributed by atoms with Crippen LogP contribution >= 0.6 is 0 Å². The van der Waals surface area contributed by atoms with Crippen LogP contribution in [0.1, 0.15) is 21.6 Å². The summed E-state index contributed by atoms with van der Waals surface area (Å²) in [6.07, 6.45) is 0.867. The fourth-order valence-corrected chi connectivity index (χ4v) is 2.70. The van der Waals surface area contributed by atoms with E-state index >= 15 is 0 Å². The van der Waals surface area contributed by atoms with Crippen LogP contribution in [-0.4, -0.2) is 23.7 Å². The van der Waals surface area contributed by atoms with Crippen LogP contribution in [0.3, 0.4) is 0 Å². The van der Waals surface area contributed by atoms with E-state index in [9.17, 15) is 14.9 Å². The van der Waals surface area contributed by atoms with Crippen molar-refractivity contribution < 1.29 is 19.1 Å². The molecule has 0 radical (unpaired) electrons. The van der Waals surface area contributed by atoms with Crippen molar-refractivity contribution in [3.63, 3.8) is 0 Å². The highest BCUT2D eigenvalue weighted by Gasteiger charge is 2.21. The molecule has 0 fully saturated rings. The molecule has 8 nitrogen and oxygen atoms in total. The van der Waals surface area contributed by atoms with Crippen molar-refractivity contribution in [1.82, 2.24) is 4.57 Å². The van der Waals surface area contributed by atoms with Crippen LogP contribution in [0.2, 0.25) is 0 Å². The largest absolute Gasteiger partial charge is 0.464 e. The number of amides is 1. The first kappa shape index (κ1) is 19.5. The number of aromatic nitrogens is 1. The third-order valence-corrected chi connectivity index (χ3v) is 4.15. The van der Waals surface area contributed by atoms with Gasteiger partial charge in [0, 0.05) is 17.6 Å². The van der Waals surface area contributed by atoms with Crippen LogP contribution in [-0.2, 0) is 16.1 Å². The Morgan fingerprint density at radius 2 is 1.83 bits per heavy atom. The number of nitrogen functional groups attached to an aromatic ring is 1. The molecule has 0 aliphatic heterocycles. The van der Waals surface area contributed by atoms with Crippen LogP contribution in [0.4, 0.5) is 16.2 Å².